The largest absolute Gasteiger partial charge is 0.271 e. The van der Waals surface area contributed by atoms with Crippen LogP contribution in [-0.2, 0) is 6.42 Å². The van der Waals surface area contributed by atoms with Crippen molar-refractivity contribution in [1.29, 1.82) is 0 Å². The van der Waals surface area contributed by atoms with Gasteiger partial charge in [0.25, 0.3) is 0 Å². The quantitative estimate of drug-likeness (QED) is 0.394. The van der Waals surface area contributed by atoms with Gasteiger partial charge in [0.1, 0.15) is 0 Å². The van der Waals surface area contributed by atoms with Gasteiger partial charge in [-0.2, -0.15) is 0 Å². The summed E-state index contributed by atoms with van der Waals surface area (Å²) in [4.78, 5) is 2.84. The number of rotatable bonds is 9. The highest BCUT2D eigenvalue weighted by molar-refractivity contribution is 7.12. The lowest BCUT2D eigenvalue weighted by Crippen LogP contribution is -2.27. The van der Waals surface area contributed by atoms with Gasteiger partial charge in [-0.05, 0) is 25.0 Å². The van der Waals surface area contributed by atoms with Crippen molar-refractivity contribution in [2.45, 2.75) is 64.8 Å². The number of unbranched alkanes of at least 4 members (excludes halogenated alkanes) is 4. The summed E-state index contributed by atoms with van der Waals surface area (Å²) in [5, 5.41) is 0. The van der Waals surface area contributed by atoms with E-state index in [1.165, 1.54) is 41.9 Å². The molecule has 1 unspecified atom stereocenters. The first kappa shape index (κ1) is 14.7. The first-order valence-corrected chi connectivity index (χ1v) is 7.68. The molecule has 0 radical (unpaired) electrons. The Hall–Kier alpha value is -0.380. The van der Waals surface area contributed by atoms with Crippen LogP contribution in [0.1, 0.15) is 68.2 Å². The number of hydrogen-bond donors (Lipinski definition) is 2. The number of nitrogens with one attached hydrogen (secondary N) is 1. The minimum Gasteiger partial charge on any atom is -0.271 e. The molecule has 0 saturated carbocycles. The third kappa shape index (κ3) is 5.19. The molecule has 1 heterocycles. The lowest BCUT2D eigenvalue weighted by atomic mass is 10.1. The van der Waals surface area contributed by atoms with Gasteiger partial charge in [0.2, 0.25) is 0 Å². The summed E-state index contributed by atoms with van der Waals surface area (Å²) in [6.45, 7) is 4.45. The molecule has 0 bridgehead atoms. The van der Waals surface area contributed by atoms with Gasteiger partial charge in [0.15, 0.2) is 0 Å². The second kappa shape index (κ2) is 8.67. The van der Waals surface area contributed by atoms with E-state index in [1.54, 1.807) is 0 Å². The number of thiophene rings is 1. The summed E-state index contributed by atoms with van der Waals surface area (Å²) < 4.78 is 0. The lowest BCUT2D eigenvalue weighted by Gasteiger charge is -2.13. The van der Waals surface area contributed by atoms with Crippen molar-refractivity contribution in [2.75, 3.05) is 0 Å². The Morgan fingerprint density at radius 3 is 2.53 bits per heavy atom. The standard InChI is InChI=1S/C14H26N2S/c1-3-5-6-7-8-9-13(16-15)14-11-10-12(4-2)17-14/h10-11,13,16H,3-9,15H2,1-2H3. The lowest BCUT2D eigenvalue weighted by molar-refractivity contribution is 0.484. The van der Waals surface area contributed by atoms with Crippen LogP contribution in [0.4, 0.5) is 0 Å². The molecule has 3 heteroatoms. The molecule has 0 fully saturated rings. The van der Waals surface area contributed by atoms with Gasteiger partial charge in [0.05, 0.1) is 6.04 Å². The van der Waals surface area contributed by atoms with Crippen LogP contribution in [0.3, 0.4) is 0 Å². The van der Waals surface area contributed by atoms with Gasteiger partial charge in [-0.3, -0.25) is 11.3 Å². The number of hydrazine groups is 1. The topological polar surface area (TPSA) is 38.0 Å². The zero-order valence-electron chi connectivity index (χ0n) is 11.2. The minimum absolute atomic E-state index is 0.349. The van der Waals surface area contributed by atoms with Crippen molar-refractivity contribution in [3.05, 3.63) is 21.9 Å². The minimum atomic E-state index is 0.349. The molecule has 0 saturated heterocycles. The van der Waals surface area contributed by atoms with E-state index < -0.39 is 0 Å². The molecule has 0 aliphatic carbocycles. The van der Waals surface area contributed by atoms with E-state index in [1.807, 2.05) is 11.3 Å². The van der Waals surface area contributed by atoms with E-state index in [4.69, 9.17) is 5.84 Å². The van der Waals surface area contributed by atoms with E-state index in [-0.39, 0.29) is 0 Å². The molecule has 0 aliphatic rings. The maximum atomic E-state index is 5.65. The third-order valence-corrected chi connectivity index (χ3v) is 4.52. The Morgan fingerprint density at radius 1 is 1.18 bits per heavy atom. The zero-order chi connectivity index (χ0) is 12.5. The van der Waals surface area contributed by atoms with Gasteiger partial charge in [0, 0.05) is 9.75 Å². The Labute approximate surface area is 110 Å². The Morgan fingerprint density at radius 2 is 1.94 bits per heavy atom. The fourth-order valence-corrected chi connectivity index (χ4v) is 3.08. The van der Waals surface area contributed by atoms with Crippen LogP contribution in [0, 0.1) is 0 Å². The normalized spacial score (nSPS) is 12.9. The van der Waals surface area contributed by atoms with E-state index in [0.717, 1.165) is 12.8 Å². The van der Waals surface area contributed by atoms with E-state index >= 15 is 0 Å². The fraction of sp³-hybridized carbons (Fsp3) is 0.714. The van der Waals surface area contributed by atoms with Crippen LogP contribution in [0.25, 0.3) is 0 Å². The molecule has 1 atom stereocenters. The summed E-state index contributed by atoms with van der Waals surface area (Å²) in [7, 11) is 0. The first-order valence-electron chi connectivity index (χ1n) is 6.86. The number of aryl methyl sites for hydroxylation is 1. The van der Waals surface area contributed by atoms with Gasteiger partial charge in [-0.1, -0.05) is 46.0 Å². The molecule has 2 nitrogen and oxygen atoms in total. The van der Waals surface area contributed by atoms with Crippen LogP contribution in [-0.4, -0.2) is 0 Å². The molecular weight excluding hydrogens is 228 g/mol. The van der Waals surface area contributed by atoms with Crippen molar-refractivity contribution in [3.8, 4) is 0 Å². The number of hydrogen-bond acceptors (Lipinski definition) is 3. The van der Waals surface area contributed by atoms with Crippen LogP contribution >= 0.6 is 11.3 Å². The van der Waals surface area contributed by atoms with Gasteiger partial charge < -0.3 is 0 Å². The number of nitrogens with two attached hydrogens (primary N) is 1. The van der Waals surface area contributed by atoms with Crippen LogP contribution < -0.4 is 11.3 Å². The predicted octanol–water partition coefficient (Wildman–Crippen LogP) is 4.18. The summed E-state index contributed by atoms with van der Waals surface area (Å²) in [5.74, 6) is 5.65. The highest BCUT2D eigenvalue weighted by Gasteiger charge is 2.11. The highest BCUT2D eigenvalue weighted by Crippen LogP contribution is 2.27. The molecule has 3 N–H and O–H groups in total. The Kier molecular flexibility index (Phi) is 7.49. The van der Waals surface area contributed by atoms with E-state index in [2.05, 4.69) is 31.4 Å². The monoisotopic (exact) mass is 254 g/mol. The average Bonchev–Trinajstić information content (AvgIpc) is 2.82. The van der Waals surface area contributed by atoms with Gasteiger partial charge in [-0.15, -0.1) is 11.3 Å². The molecule has 0 spiro atoms. The zero-order valence-corrected chi connectivity index (χ0v) is 12.0. The third-order valence-electron chi connectivity index (χ3n) is 3.17. The Balaban J connectivity index is 2.32. The van der Waals surface area contributed by atoms with Crippen molar-refractivity contribution >= 4 is 11.3 Å². The average molecular weight is 254 g/mol. The molecule has 1 rings (SSSR count). The summed E-state index contributed by atoms with van der Waals surface area (Å²) >= 11 is 1.89. The van der Waals surface area contributed by atoms with Crippen molar-refractivity contribution < 1.29 is 0 Å². The molecule has 1 aromatic heterocycles. The van der Waals surface area contributed by atoms with Crippen LogP contribution in [0.5, 0.6) is 0 Å². The van der Waals surface area contributed by atoms with Crippen molar-refractivity contribution in [1.82, 2.24) is 5.43 Å². The van der Waals surface area contributed by atoms with Crippen molar-refractivity contribution in [3.63, 3.8) is 0 Å². The molecule has 17 heavy (non-hydrogen) atoms. The predicted molar refractivity (Wildman–Crippen MR) is 77.1 cm³/mol. The second-order valence-corrected chi connectivity index (χ2v) is 5.78. The van der Waals surface area contributed by atoms with Crippen molar-refractivity contribution in [2.24, 2.45) is 5.84 Å². The summed E-state index contributed by atoms with van der Waals surface area (Å²) in [6.07, 6.45) is 8.91. The molecule has 0 aromatic carbocycles. The first-order chi connectivity index (χ1) is 8.31. The molecule has 0 amide bonds. The van der Waals surface area contributed by atoms with E-state index in [0.29, 0.717) is 6.04 Å². The SMILES string of the molecule is CCCCCCCC(NN)c1ccc(CC)s1. The van der Waals surface area contributed by atoms with E-state index in [9.17, 15) is 0 Å². The Bertz CT molecular complexity index is 296. The van der Waals surface area contributed by atoms with Crippen LogP contribution in [0.2, 0.25) is 0 Å². The smallest absolute Gasteiger partial charge is 0.0553 e. The fourth-order valence-electron chi connectivity index (χ4n) is 2.03. The maximum absolute atomic E-state index is 5.65. The van der Waals surface area contributed by atoms with Gasteiger partial charge in [-0.25, -0.2) is 0 Å². The summed E-state index contributed by atoms with van der Waals surface area (Å²) in [5.41, 5.74) is 2.96. The van der Waals surface area contributed by atoms with Crippen LogP contribution in [0.15, 0.2) is 12.1 Å². The maximum Gasteiger partial charge on any atom is 0.0553 e. The highest BCUT2D eigenvalue weighted by atomic mass is 32.1. The summed E-state index contributed by atoms with van der Waals surface area (Å²) in [6, 6.07) is 4.79. The molecule has 98 valence electrons. The molecular formula is C14H26N2S. The molecule has 1 aromatic rings. The second-order valence-electron chi connectivity index (χ2n) is 4.58. The van der Waals surface area contributed by atoms with Gasteiger partial charge >= 0.3 is 0 Å². The molecule has 0 aliphatic heterocycles.